The highest BCUT2D eigenvalue weighted by molar-refractivity contribution is 7.59. The zero-order valence-electron chi connectivity index (χ0n) is 15.1. The maximum absolute atomic E-state index is 2.58. The molecule has 23 heavy (non-hydrogen) atoms. The van der Waals surface area contributed by atoms with Crippen molar-refractivity contribution in [2.45, 2.75) is 113 Å². The Morgan fingerprint density at radius 3 is 2.30 bits per heavy atom. The van der Waals surface area contributed by atoms with Crippen LogP contribution in [0, 0.1) is 0 Å². The molecule has 0 aliphatic carbocycles. The number of allylic oxidation sites excluding steroid dienone is 2. The van der Waals surface area contributed by atoms with Crippen LogP contribution >= 0.6 is 7.92 Å². The van der Waals surface area contributed by atoms with Crippen molar-refractivity contribution in [2.75, 3.05) is 6.16 Å². The minimum absolute atomic E-state index is 0.438. The maximum atomic E-state index is 2.58. The smallest absolute Gasteiger partial charge is 0.100 e. The fourth-order valence-electron chi connectivity index (χ4n) is 6.45. The van der Waals surface area contributed by atoms with Gasteiger partial charge in [0.25, 0.3) is 0 Å². The molecule has 4 heterocycles. The largest absolute Gasteiger partial charge is 0.150 e. The first-order valence-electron chi connectivity index (χ1n) is 10.8. The highest BCUT2D eigenvalue weighted by Crippen LogP contribution is 2.59. The summed E-state index contributed by atoms with van der Waals surface area (Å²) in [6.07, 6.45) is 28.3. The van der Waals surface area contributed by atoms with Gasteiger partial charge in [0, 0.05) is 0 Å². The Balaban J connectivity index is 1.17. The molecular weight excluding hydrogens is 294 g/mol. The van der Waals surface area contributed by atoms with Crippen LogP contribution in [0.5, 0.6) is 0 Å². The van der Waals surface area contributed by atoms with E-state index in [0.29, 0.717) is 7.92 Å². The van der Waals surface area contributed by atoms with E-state index < -0.39 is 0 Å². The van der Waals surface area contributed by atoms with Crippen molar-refractivity contribution in [1.82, 2.24) is 0 Å². The summed E-state index contributed by atoms with van der Waals surface area (Å²) in [6.45, 7) is 1.06. The van der Waals surface area contributed by atoms with Crippen LogP contribution in [0.25, 0.3) is 0 Å². The molecule has 0 spiro atoms. The summed E-state index contributed by atoms with van der Waals surface area (Å²) in [6, 6.07) is 0. The first-order valence-corrected chi connectivity index (χ1v) is 12.5. The van der Waals surface area contributed by atoms with Crippen LogP contribution in [-0.2, 0) is 0 Å². The number of rotatable bonds is 6. The van der Waals surface area contributed by atoms with Crippen LogP contribution in [0.15, 0.2) is 12.2 Å². The third-order valence-electron chi connectivity index (χ3n) is 7.63. The van der Waals surface area contributed by atoms with Crippen molar-refractivity contribution in [2.24, 2.45) is 0 Å². The minimum Gasteiger partial charge on any atom is -0.100 e. The van der Waals surface area contributed by atoms with Gasteiger partial charge in [0.15, 0.2) is 6.71 Å². The fourth-order valence-corrected chi connectivity index (χ4v) is 10.4. The second-order valence-electron chi connectivity index (χ2n) is 8.94. The molecule has 0 amide bonds. The van der Waals surface area contributed by atoms with Gasteiger partial charge in [-0.05, 0) is 61.8 Å². The molecule has 0 aromatic rings. The summed E-state index contributed by atoms with van der Waals surface area (Å²) in [4.78, 5) is 0. The van der Waals surface area contributed by atoms with E-state index in [9.17, 15) is 0 Å². The number of fused-ring (bicyclic) bond motifs is 4. The molecule has 4 rings (SSSR count). The summed E-state index contributed by atoms with van der Waals surface area (Å²) in [5.74, 6) is 2.02. The van der Waals surface area contributed by atoms with Crippen LogP contribution in [-0.4, -0.2) is 24.2 Å². The number of unbranched alkanes of at least 4 members (excludes halogenated alkanes) is 2. The SMILES string of the molecule is C1=C[C@H]2CCCC(C1)B2CCCCCP1C2CCCC1CCC2. The first-order chi connectivity index (χ1) is 11.4. The van der Waals surface area contributed by atoms with E-state index in [4.69, 9.17) is 0 Å². The zero-order chi connectivity index (χ0) is 15.5. The standard InChI is InChI=1S/C21H36BP/c1(2-16-22-18-8-4-9-19(22)11-5-10-18)3-17-23-20-12-6-13-21(23)15-7-14-20/h4,8,18-21H,1-3,5-7,9-17H2/t18-,19?,20?,21?,23?/m0/s1. The highest BCUT2D eigenvalue weighted by atomic mass is 31.1. The number of hydrogen-bond donors (Lipinski definition) is 0. The Labute approximate surface area is 146 Å². The topological polar surface area (TPSA) is 0 Å². The molecule has 0 nitrogen and oxygen atoms in total. The van der Waals surface area contributed by atoms with Crippen molar-refractivity contribution in [3.05, 3.63) is 12.2 Å². The van der Waals surface area contributed by atoms with E-state index in [1.165, 1.54) is 49.8 Å². The predicted molar refractivity (Wildman–Crippen MR) is 107 cm³/mol. The summed E-state index contributed by atoms with van der Waals surface area (Å²) < 4.78 is 0. The Morgan fingerprint density at radius 2 is 1.57 bits per heavy atom. The van der Waals surface area contributed by atoms with Gasteiger partial charge in [-0.3, -0.25) is 0 Å². The molecule has 4 aliphatic rings. The van der Waals surface area contributed by atoms with Crippen molar-refractivity contribution in [1.29, 1.82) is 0 Å². The molecule has 3 fully saturated rings. The van der Waals surface area contributed by atoms with Gasteiger partial charge in [-0.15, -0.1) is 7.92 Å². The average Bonchev–Trinajstić information content (AvgIpc) is 2.54. The lowest BCUT2D eigenvalue weighted by atomic mass is 9.27. The molecule has 0 N–H and O–H groups in total. The molecule has 128 valence electrons. The lowest BCUT2D eigenvalue weighted by molar-refractivity contribution is 0.474. The summed E-state index contributed by atoms with van der Waals surface area (Å²) in [7, 11) is 0.438. The second-order valence-corrected chi connectivity index (χ2v) is 11.9. The van der Waals surface area contributed by atoms with E-state index in [-0.39, 0.29) is 0 Å². The average molecular weight is 330 g/mol. The second kappa shape index (κ2) is 8.08. The van der Waals surface area contributed by atoms with Gasteiger partial charge in [0.05, 0.1) is 0 Å². The van der Waals surface area contributed by atoms with Crippen LogP contribution in [0.1, 0.15) is 83.5 Å². The minimum atomic E-state index is 0.438. The Kier molecular flexibility index (Phi) is 5.86. The Morgan fingerprint density at radius 1 is 0.826 bits per heavy atom. The van der Waals surface area contributed by atoms with E-state index in [2.05, 4.69) is 12.2 Å². The van der Waals surface area contributed by atoms with Gasteiger partial charge >= 0.3 is 0 Å². The molecule has 1 unspecified atom stereocenters. The Bertz CT molecular complexity index is 385. The van der Waals surface area contributed by atoms with E-state index in [1.807, 2.05) is 0 Å². The third kappa shape index (κ3) is 3.91. The zero-order valence-corrected chi connectivity index (χ0v) is 16.0. The van der Waals surface area contributed by atoms with Crippen LogP contribution in [0.3, 0.4) is 0 Å². The molecule has 0 radical (unpaired) electrons. The summed E-state index contributed by atoms with van der Waals surface area (Å²) in [5.41, 5.74) is 2.39. The molecule has 2 atom stereocenters. The molecule has 4 aliphatic heterocycles. The fraction of sp³-hybridized carbons (Fsp3) is 0.905. The van der Waals surface area contributed by atoms with Crippen LogP contribution in [0.2, 0.25) is 18.0 Å². The van der Waals surface area contributed by atoms with Crippen molar-refractivity contribution >= 4 is 14.6 Å². The molecule has 0 saturated carbocycles. The van der Waals surface area contributed by atoms with Crippen LogP contribution in [0.4, 0.5) is 0 Å². The monoisotopic (exact) mass is 330 g/mol. The van der Waals surface area contributed by atoms with Gasteiger partial charge in [0.1, 0.15) is 0 Å². The van der Waals surface area contributed by atoms with E-state index in [0.717, 1.165) is 18.3 Å². The van der Waals surface area contributed by atoms with Gasteiger partial charge in [-0.25, -0.2) is 0 Å². The van der Waals surface area contributed by atoms with Gasteiger partial charge < -0.3 is 0 Å². The molecule has 2 heteroatoms. The molecule has 4 bridgehead atoms. The molecule has 0 aromatic heterocycles. The maximum Gasteiger partial charge on any atom is 0.150 e. The lowest BCUT2D eigenvalue weighted by Crippen LogP contribution is -2.32. The van der Waals surface area contributed by atoms with Gasteiger partial charge in [-0.2, -0.15) is 0 Å². The number of hydrogen-bond acceptors (Lipinski definition) is 0. The van der Waals surface area contributed by atoms with E-state index in [1.54, 1.807) is 57.4 Å². The van der Waals surface area contributed by atoms with Gasteiger partial charge in [-0.1, -0.05) is 69.2 Å². The van der Waals surface area contributed by atoms with Crippen LogP contribution < -0.4 is 0 Å². The molecular formula is C21H36BP. The van der Waals surface area contributed by atoms with Crippen molar-refractivity contribution < 1.29 is 0 Å². The molecule has 3 saturated heterocycles. The van der Waals surface area contributed by atoms with Crippen molar-refractivity contribution in [3.63, 3.8) is 0 Å². The lowest BCUT2D eigenvalue weighted by Gasteiger charge is -2.43. The quantitative estimate of drug-likeness (QED) is 0.210. The third-order valence-corrected chi connectivity index (χ3v) is 11.4. The van der Waals surface area contributed by atoms with Gasteiger partial charge in [0.2, 0.25) is 0 Å². The van der Waals surface area contributed by atoms with Crippen molar-refractivity contribution in [3.8, 4) is 0 Å². The highest BCUT2D eigenvalue weighted by Gasteiger charge is 2.36. The summed E-state index contributed by atoms with van der Waals surface area (Å²) >= 11 is 0. The summed E-state index contributed by atoms with van der Waals surface area (Å²) in [5, 5.41) is 0. The normalized spacial score (nSPS) is 39.5. The Hall–Kier alpha value is 0.235. The predicted octanol–water partition coefficient (Wildman–Crippen LogP) is 7.12. The first kappa shape index (κ1) is 16.7. The van der Waals surface area contributed by atoms with E-state index >= 15 is 0 Å². The molecule has 0 aromatic carbocycles.